The van der Waals surface area contributed by atoms with Gasteiger partial charge in [0.2, 0.25) is 5.91 Å². The zero-order valence-corrected chi connectivity index (χ0v) is 16.1. The van der Waals surface area contributed by atoms with Crippen LogP contribution in [0.3, 0.4) is 0 Å². The minimum absolute atomic E-state index is 0.00133. The topological polar surface area (TPSA) is 50.8 Å². The highest BCUT2D eigenvalue weighted by Crippen LogP contribution is 2.53. The monoisotopic (exact) mass is 358 g/mol. The molecule has 5 heteroatoms. The number of carbonyl (C=O) groups excluding carboxylic acids is 1. The van der Waals surface area contributed by atoms with Gasteiger partial charge in [-0.25, -0.2) is 0 Å². The van der Waals surface area contributed by atoms with E-state index in [9.17, 15) is 4.79 Å². The van der Waals surface area contributed by atoms with Gasteiger partial charge in [-0.2, -0.15) is 0 Å². The lowest BCUT2D eigenvalue weighted by molar-refractivity contribution is -0.126. The van der Waals surface area contributed by atoms with E-state index < -0.39 is 0 Å². The van der Waals surface area contributed by atoms with Crippen molar-refractivity contribution < 1.29 is 14.3 Å². The summed E-state index contributed by atoms with van der Waals surface area (Å²) in [5.74, 6) is 1.82. The van der Waals surface area contributed by atoms with Gasteiger partial charge in [0.1, 0.15) is 0 Å². The molecule has 2 saturated heterocycles. The second kappa shape index (κ2) is 6.45. The van der Waals surface area contributed by atoms with Crippen molar-refractivity contribution in [1.82, 2.24) is 10.2 Å². The fourth-order valence-corrected chi connectivity index (χ4v) is 5.67. The molecule has 0 aromatic heterocycles. The highest BCUT2D eigenvalue weighted by atomic mass is 16.5. The molecule has 1 saturated carbocycles. The molecule has 3 fully saturated rings. The van der Waals surface area contributed by atoms with E-state index >= 15 is 0 Å². The van der Waals surface area contributed by atoms with Gasteiger partial charge in [-0.1, -0.05) is 6.07 Å². The Hall–Kier alpha value is -1.75. The van der Waals surface area contributed by atoms with E-state index in [1.54, 1.807) is 14.2 Å². The van der Waals surface area contributed by atoms with Crippen molar-refractivity contribution in [1.29, 1.82) is 0 Å². The van der Waals surface area contributed by atoms with Crippen molar-refractivity contribution in [2.24, 2.45) is 0 Å². The number of hydrogen-bond donors (Lipinski definition) is 1. The minimum atomic E-state index is -0.00133. The zero-order chi connectivity index (χ0) is 18.4. The maximum absolute atomic E-state index is 12.1. The molecule has 1 N–H and O–H groups in total. The lowest BCUT2D eigenvalue weighted by Crippen LogP contribution is -2.60. The quantitative estimate of drug-likeness (QED) is 0.903. The van der Waals surface area contributed by atoms with E-state index in [4.69, 9.17) is 9.47 Å². The molecule has 1 spiro atoms. The Morgan fingerprint density at radius 1 is 1.12 bits per heavy atom. The SMILES string of the molecule is COc1ccc([C@]23CCN(C)[C@H]2CC2(CCCC(=O)N2)CC3)cc1OC. The van der Waals surface area contributed by atoms with Crippen LogP contribution in [0.15, 0.2) is 18.2 Å². The molecular weight excluding hydrogens is 328 g/mol. The largest absolute Gasteiger partial charge is 0.493 e. The van der Waals surface area contributed by atoms with Gasteiger partial charge in [-0.05, 0) is 69.8 Å². The molecule has 1 aliphatic carbocycles. The lowest BCUT2D eigenvalue weighted by Gasteiger charge is -2.52. The smallest absolute Gasteiger partial charge is 0.220 e. The summed E-state index contributed by atoms with van der Waals surface area (Å²) in [6, 6.07) is 6.87. The summed E-state index contributed by atoms with van der Waals surface area (Å²) in [5.41, 5.74) is 1.49. The fraction of sp³-hybridized carbons (Fsp3) is 0.667. The number of carbonyl (C=O) groups is 1. The number of fused-ring (bicyclic) bond motifs is 1. The van der Waals surface area contributed by atoms with Crippen LogP contribution in [0.25, 0.3) is 0 Å². The summed E-state index contributed by atoms with van der Waals surface area (Å²) in [6.45, 7) is 1.10. The van der Waals surface area contributed by atoms with Crippen molar-refractivity contribution >= 4 is 5.91 Å². The molecule has 3 aliphatic rings. The summed E-state index contributed by atoms with van der Waals surface area (Å²) in [4.78, 5) is 14.6. The third kappa shape index (κ3) is 2.68. The number of amides is 1. The maximum atomic E-state index is 12.1. The van der Waals surface area contributed by atoms with E-state index in [-0.39, 0.29) is 16.9 Å². The number of piperidine rings is 1. The molecule has 0 radical (unpaired) electrons. The molecule has 1 unspecified atom stereocenters. The van der Waals surface area contributed by atoms with Crippen LogP contribution in [0.2, 0.25) is 0 Å². The fourth-order valence-electron chi connectivity index (χ4n) is 5.67. The summed E-state index contributed by atoms with van der Waals surface area (Å²) in [6.07, 6.45) is 7.20. The van der Waals surface area contributed by atoms with Crippen LogP contribution >= 0.6 is 0 Å². The second-order valence-electron chi connectivity index (χ2n) is 8.36. The standard InChI is InChI=1S/C21H30N2O3/c1-23-12-11-21(15-6-7-16(25-2)17(13-15)26-3)10-9-20(14-18(21)23)8-4-5-19(24)22-20/h6-7,13,18H,4-5,8-12,14H2,1-3H3,(H,22,24)/t18-,20?,21-/m0/s1. The van der Waals surface area contributed by atoms with Gasteiger partial charge < -0.3 is 19.7 Å². The average molecular weight is 358 g/mol. The Labute approximate surface area is 156 Å². The molecular formula is C21H30N2O3. The summed E-state index contributed by atoms with van der Waals surface area (Å²) < 4.78 is 11.0. The molecule has 1 aromatic carbocycles. The number of likely N-dealkylation sites (N-methyl/N-ethyl adjacent to an activating group) is 1. The number of rotatable bonds is 3. The number of methoxy groups -OCH3 is 2. The molecule has 2 aliphatic heterocycles. The predicted molar refractivity (Wildman–Crippen MR) is 101 cm³/mol. The molecule has 2 heterocycles. The van der Waals surface area contributed by atoms with Gasteiger partial charge in [0.15, 0.2) is 11.5 Å². The normalized spacial score (nSPS) is 34.4. The predicted octanol–water partition coefficient (Wildman–Crippen LogP) is 2.87. The summed E-state index contributed by atoms with van der Waals surface area (Å²) in [5, 5.41) is 3.36. The van der Waals surface area contributed by atoms with Crippen LogP contribution in [-0.2, 0) is 10.2 Å². The van der Waals surface area contributed by atoms with Gasteiger partial charge >= 0.3 is 0 Å². The molecule has 142 valence electrons. The highest BCUT2D eigenvalue weighted by molar-refractivity contribution is 5.77. The van der Waals surface area contributed by atoms with E-state index in [0.29, 0.717) is 12.5 Å². The Morgan fingerprint density at radius 3 is 2.65 bits per heavy atom. The lowest BCUT2D eigenvalue weighted by atomic mass is 9.60. The number of likely N-dealkylation sites (tertiary alicyclic amines) is 1. The Kier molecular flexibility index (Phi) is 4.38. The van der Waals surface area contributed by atoms with Crippen LogP contribution in [0.4, 0.5) is 0 Å². The third-order valence-electron chi connectivity index (χ3n) is 7.14. The van der Waals surface area contributed by atoms with Crippen LogP contribution in [0.1, 0.15) is 50.5 Å². The van der Waals surface area contributed by atoms with Crippen molar-refractivity contribution in [2.45, 2.75) is 61.9 Å². The second-order valence-corrected chi connectivity index (χ2v) is 8.36. The average Bonchev–Trinajstić information content (AvgIpc) is 2.98. The van der Waals surface area contributed by atoms with Crippen molar-refractivity contribution in [3.05, 3.63) is 23.8 Å². The van der Waals surface area contributed by atoms with Crippen molar-refractivity contribution in [3.8, 4) is 11.5 Å². The van der Waals surface area contributed by atoms with Crippen LogP contribution in [-0.4, -0.2) is 50.2 Å². The summed E-state index contributed by atoms with van der Waals surface area (Å²) >= 11 is 0. The number of benzene rings is 1. The Morgan fingerprint density at radius 2 is 1.92 bits per heavy atom. The summed E-state index contributed by atoms with van der Waals surface area (Å²) in [7, 11) is 5.61. The van der Waals surface area contributed by atoms with Gasteiger partial charge in [0.05, 0.1) is 14.2 Å². The minimum Gasteiger partial charge on any atom is -0.493 e. The van der Waals surface area contributed by atoms with Crippen LogP contribution in [0, 0.1) is 0 Å². The van der Waals surface area contributed by atoms with Crippen molar-refractivity contribution in [2.75, 3.05) is 27.8 Å². The highest BCUT2D eigenvalue weighted by Gasteiger charge is 2.55. The first-order chi connectivity index (χ1) is 12.5. The number of ether oxygens (including phenoxy) is 2. The molecule has 4 rings (SSSR count). The Bertz CT molecular complexity index is 706. The van der Waals surface area contributed by atoms with Crippen LogP contribution in [0.5, 0.6) is 11.5 Å². The molecule has 0 bridgehead atoms. The Balaban J connectivity index is 1.68. The molecule has 5 nitrogen and oxygen atoms in total. The zero-order valence-electron chi connectivity index (χ0n) is 16.1. The van der Waals surface area contributed by atoms with E-state index in [2.05, 4.69) is 29.4 Å². The van der Waals surface area contributed by atoms with E-state index in [1.165, 1.54) is 5.56 Å². The van der Waals surface area contributed by atoms with Crippen LogP contribution < -0.4 is 14.8 Å². The van der Waals surface area contributed by atoms with Crippen molar-refractivity contribution in [3.63, 3.8) is 0 Å². The van der Waals surface area contributed by atoms with E-state index in [1.807, 2.05) is 6.07 Å². The van der Waals surface area contributed by atoms with Gasteiger partial charge in [-0.3, -0.25) is 4.79 Å². The molecule has 1 aromatic rings. The van der Waals surface area contributed by atoms with Gasteiger partial charge in [-0.15, -0.1) is 0 Å². The number of hydrogen-bond acceptors (Lipinski definition) is 4. The molecule has 3 atom stereocenters. The molecule has 26 heavy (non-hydrogen) atoms. The number of nitrogens with one attached hydrogen (secondary N) is 1. The first-order valence-corrected chi connectivity index (χ1v) is 9.76. The maximum Gasteiger partial charge on any atom is 0.220 e. The third-order valence-corrected chi connectivity index (χ3v) is 7.14. The number of nitrogens with zero attached hydrogens (tertiary/aromatic N) is 1. The van der Waals surface area contributed by atoms with E-state index in [0.717, 1.165) is 56.6 Å². The van der Waals surface area contributed by atoms with Gasteiger partial charge in [0.25, 0.3) is 0 Å². The first-order valence-electron chi connectivity index (χ1n) is 9.76. The molecule has 1 amide bonds. The van der Waals surface area contributed by atoms with Gasteiger partial charge in [0, 0.05) is 23.4 Å². The first kappa shape index (κ1) is 17.7.